The first-order valence-electron chi connectivity index (χ1n) is 10.6. The molecule has 2 unspecified atom stereocenters. The summed E-state index contributed by atoms with van der Waals surface area (Å²) in [4.78, 5) is 36.7. The molecule has 0 spiro atoms. The summed E-state index contributed by atoms with van der Waals surface area (Å²) in [5.41, 5.74) is 1.06. The second-order valence-corrected chi connectivity index (χ2v) is 8.66. The lowest BCUT2D eigenvalue weighted by Gasteiger charge is -2.39. The van der Waals surface area contributed by atoms with E-state index in [2.05, 4.69) is 0 Å². The summed E-state index contributed by atoms with van der Waals surface area (Å²) < 4.78 is 16.6. The van der Waals surface area contributed by atoms with Gasteiger partial charge in [0, 0.05) is 12.5 Å². The minimum absolute atomic E-state index is 0.0776. The Morgan fingerprint density at radius 3 is 2.40 bits per heavy atom. The van der Waals surface area contributed by atoms with E-state index in [1.807, 2.05) is 13.8 Å². The first-order chi connectivity index (χ1) is 14.0. The number of ether oxygens (including phenoxy) is 3. The quantitative estimate of drug-likeness (QED) is 0.323. The number of aliphatic hydroxyl groups is 1. The summed E-state index contributed by atoms with van der Waals surface area (Å²) in [7, 11) is 0. The van der Waals surface area contributed by atoms with Crippen LogP contribution in [0.2, 0.25) is 0 Å². The molecule has 1 heterocycles. The smallest absolute Gasteiger partial charge is 0.333 e. The Kier molecular flexibility index (Phi) is 8.24. The number of cyclic esters (lactones) is 1. The van der Waals surface area contributed by atoms with Crippen molar-refractivity contribution in [1.82, 2.24) is 0 Å². The zero-order chi connectivity index (χ0) is 22.6. The fourth-order valence-corrected chi connectivity index (χ4v) is 4.19. The zero-order valence-corrected chi connectivity index (χ0v) is 18.7. The molecule has 2 aliphatic rings. The molecule has 1 saturated heterocycles. The Bertz CT molecular complexity index is 723. The third kappa shape index (κ3) is 5.72. The van der Waals surface area contributed by atoms with Gasteiger partial charge in [-0.15, -0.1) is 0 Å². The molecule has 0 aromatic carbocycles. The summed E-state index contributed by atoms with van der Waals surface area (Å²) in [6, 6.07) is 0. The summed E-state index contributed by atoms with van der Waals surface area (Å²) in [5, 5.41) is 10.8. The second kappa shape index (κ2) is 10.2. The average Bonchev–Trinajstić information content (AvgIpc) is 2.69. The molecule has 0 radical (unpaired) electrons. The van der Waals surface area contributed by atoms with E-state index in [0.717, 1.165) is 0 Å². The van der Waals surface area contributed by atoms with Gasteiger partial charge < -0.3 is 19.3 Å². The molecule has 168 valence electrons. The van der Waals surface area contributed by atoms with Gasteiger partial charge in [-0.2, -0.15) is 0 Å². The number of rotatable bonds is 3. The molecule has 7 nitrogen and oxygen atoms in total. The maximum absolute atomic E-state index is 12.6. The molecule has 0 amide bonds. The Morgan fingerprint density at radius 2 is 1.80 bits per heavy atom. The lowest BCUT2D eigenvalue weighted by atomic mass is 9.73. The van der Waals surface area contributed by atoms with E-state index in [9.17, 15) is 19.5 Å². The Balaban J connectivity index is 2.46. The van der Waals surface area contributed by atoms with Crippen molar-refractivity contribution >= 4 is 17.9 Å². The highest BCUT2D eigenvalue weighted by Gasteiger charge is 2.42. The van der Waals surface area contributed by atoms with Gasteiger partial charge in [-0.3, -0.25) is 9.59 Å². The largest absolute Gasteiger partial charge is 0.465 e. The number of hydrogen-bond donors (Lipinski definition) is 1. The van der Waals surface area contributed by atoms with Crippen LogP contribution in [0.15, 0.2) is 23.3 Å². The summed E-state index contributed by atoms with van der Waals surface area (Å²) in [6.07, 6.45) is 1.86. The van der Waals surface area contributed by atoms with Crippen LogP contribution in [0.4, 0.5) is 0 Å². The van der Waals surface area contributed by atoms with Gasteiger partial charge in [0.2, 0.25) is 0 Å². The molecule has 0 aromatic heterocycles. The van der Waals surface area contributed by atoms with Gasteiger partial charge in [-0.25, -0.2) is 4.79 Å². The standard InChI is InChI=1S/C23H34O7/c1-7-12(2)22(26)30-19-10-17-15(5)11-28-23(27)18(17)8-14(4)21(25)20(9-13(19)3)29-16(6)24/h7-8,13,15,17-21,25H,9-11H2,1-6H3/t13-,15?,17-,18?,19+,20-,21-/m0/s1. The number of esters is 3. The average molecular weight is 423 g/mol. The maximum Gasteiger partial charge on any atom is 0.333 e. The van der Waals surface area contributed by atoms with Crippen LogP contribution in [0, 0.1) is 23.7 Å². The summed E-state index contributed by atoms with van der Waals surface area (Å²) in [5.74, 6) is -2.04. The van der Waals surface area contributed by atoms with Crippen molar-refractivity contribution in [3.05, 3.63) is 23.3 Å². The second-order valence-electron chi connectivity index (χ2n) is 8.66. The van der Waals surface area contributed by atoms with E-state index in [4.69, 9.17) is 14.2 Å². The predicted molar refractivity (Wildman–Crippen MR) is 110 cm³/mol. The van der Waals surface area contributed by atoms with Crippen molar-refractivity contribution in [2.24, 2.45) is 23.7 Å². The topological polar surface area (TPSA) is 99.1 Å². The molecule has 7 heteroatoms. The van der Waals surface area contributed by atoms with Gasteiger partial charge in [-0.1, -0.05) is 26.0 Å². The van der Waals surface area contributed by atoms with E-state index >= 15 is 0 Å². The van der Waals surface area contributed by atoms with E-state index in [1.54, 1.807) is 32.9 Å². The molecular weight excluding hydrogens is 388 g/mol. The number of hydrogen-bond acceptors (Lipinski definition) is 7. The first-order valence-corrected chi connectivity index (χ1v) is 10.6. The van der Waals surface area contributed by atoms with Crippen molar-refractivity contribution in [2.45, 2.75) is 72.7 Å². The minimum Gasteiger partial charge on any atom is -0.465 e. The van der Waals surface area contributed by atoms with Gasteiger partial charge in [0.25, 0.3) is 0 Å². The Hall–Kier alpha value is -2.15. The summed E-state index contributed by atoms with van der Waals surface area (Å²) >= 11 is 0. The third-order valence-corrected chi connectivity index (χ3v) is 6.29. The fraction of sp³-hybridized carbons (Fsp3) is 0.696. The number of fused-ring (bicyclic) bond motifs is 1. The van der Waals surface area contributed by atoms with Crippen molar-refractivity contribution in [3.8, 4) is 0 Å². The third-order valence-electron chi connectivity index (χ3n) is 6.29. The van der Waals surface area contributed by atoms with Crippen molar-refractivity contribution in [3.63, 3.8) is 0 Å². The highest BCUT2D eigenvalue weighted by Crippen LogP contribution is 2.38. The van der Waals surface area contributed by atoms with Crippen LogP contribution in [-0.4, -0.2) is 47.9 Å². The molecule has 1 fully saturated rings. The van der Waals surface area contributed by atoms with Crippen LogP contribution in [0.5, 0.6) is 0 Å². The molecule has 30 heavy (non-hydrogen) atoms. The molecule has 0 aromatic rings. The van der Waals surface area contributed by atoms with Gasteiger partial charge in [0.1, 0.15) is 18.3 Å². The molecule has 0 bridgehead atoms. The lowest BCUT2D eigenvalue weighted by Crippen LogP contribution is -2.44. The van der Waals surface area contributed by atoms with E-state index in [0.29, 0.717) is 30.6 Å². The molecule has 2 rings (SSSR count). The summed E-state index contributed by atoms with van der Waals surface area (Å²) in [6.45, 7) is 10.7. The van der Waals surface area contributed by atoms with Crippen LogP contribution in [0.1, 0.15) is 54.4 Å². The predicted octanol–water partition coefficient (Wildman–Crippen LogP) is 2.96. The maximum atomic E-state index is 12.6. The van der Waals surface area contributed by atoms with Crippen LogP contribution in [0.25, 0.3) is 0 Å². The molecular formula is C23H34O7. The number of carbonyl (C=O) groups excluding carboxylic acids is 3. The first kappa shape index (κ1) is 24.1. The van der Waals surface area contributed by atoms with Gasteiger partial charge in [0.15, 0.2) is 0 Å². The van der Waals surface area contributed by atoms with E-state index < -0.39 is 36.2 Å². The molecule has 1 aliphatic carbocycles. The Labute approximate surface area is 178 Å². The number of aliphatic hydroxyl groups excluding tert-OH is 1. The minimum atomic E-state index is -1.06. The molecule has 1 N–H and O–H groups in total. The Morgan fingerprint density at radius 1 is 1.13 bits per heavy atom. The normalized spacial score (nSPS) is 35.4. The van der Waals surface area contributed by atoms with Crippen LogP contribution >= 0.6 is 0 Å². The number of allylic oxidation sites excluding steroid dienone is 1. The van der Waals surface area contributed by atoms with E-state index in [1.165, 1.54) is 6.92 Å². The number of carbonyl (C=O) groups is 3. The van der Waals surface area contributed by atoms with Crippen LogP contribution < -0.4 is 0 Å². The van der Waals surface area contributed by atoms with Crippen molar-refractivity contribution < 1.29 is 33.7 Å². The lowest BCUT2D eigenvalue weighted by molar-refractivity contribution is -0.164. The van der Waals surface area contributed by atoms with Crippen LogP contribution in [0.3, 0.4) is 0 Å². The van der Waals surface area contributed by atoms with Gasteiger partial charge >= 0.3 is 17.9 Å². The highest BCUT2D eigenvalue weighted by atomic mass is 16.6. The SMILES string of the molecule is CC=C(C)C(=O)O[C@@H]1C[C@H]2C(C)COC(=O)C2C=C(C)[C@H](O)[C@@H](OC(C)=O)C[C@@H]1C. The fourth-order valence-electron chi connectivity index (χ4n) is 4.19. The zero-order valence-electron chi connectivity index (χ0n) is 18.7. The van der Waals surface area contributed by atoms with E-state index in [-0.39, 0.29) is 23.7 Å². The van der Waals surface area contributed by atoms with Gasteiger partial charge in [-0.05, 0) is 56.9 Å². The van der Waals surface area contributed by atoms with Crippen molar-refractivity contribution in [1.29, 1.82) is 0 Å². The highest BCUT2D eigenvalue weighted by molar-refractivity contribution is 5.87. The molecule has 1 aliphatic heterocycles. The monoisotopic (exact) mass is 422 g/mol. The van der Waals surface area contributed by atoms with Crippen LogP contribution in [-0.2, 0) is 28.6 Å². The molecule has 0 saturated carbocycles. The van der Waals surface area contributed by atoms with Crippen molar-refractivity contribution in [2.75, 3.05) is 6.61 Å². The van der Waals surface area contributed by atoms with Gasteiger partial charge in [0.05, 0.1) is 12.5 Å². The molecule has 7 atom stereocenters.